The summed E-state index contributed by atoms with van der Waals surface area (Å²) in [6, 6.07) is 52.8. The lowest BCUT2D eigenvalue weighted by Gasteiger charge is -2.22. The summed E-state index contributed by atoms with van der Waals surface area (Å²) in [4.78, 5) is 51.9. The molecule has 0 spiro atoms. The fourth-order valence-corrected chi connectivity index (χ4v) is 11.7. The summed E-state index contributed by atoms with van der Waals surface area (Å²) in [5, 5.41) is 28.7. The van der Waals surface area contributed by atoms with Gasteiger partial charge < -0.3 is 10.8 Å². The molecule has 15 heteroatoms. The highest BCUT2D eigenvalue weighted by Crippen LogP contribution is 2.31. The van der Waals surface area contributed by atoms with Gasteiger partial charge >= 0.3 is 0 Å². The fourth-order valence-electron chi connectivity index (χ4n) is 9.41. The molecule has 8 heterocycles. The number of fused-ring (bicyclic) bond motifs is 12. The Morgan fingerprint density at radius 2 is 0.906 bits per heavy atom. The molecule has 1 aliphatic rings. The van der Waals surface area contributed by atoms with Gasteiger partial charge in [-0.25, -0.2) is 4.98 Å². The first kappa shape index (κ1) is 65.8. The number of hydrogen-bond acceptors (Lipinski definition) is 11. The maximum atomic E-state index is 11.3. The van der Waals surface area contributed by atoms with Gasteiger partial charge in [0.05, 0.1) is 49.2 Å². The summed E-state index contributed by atoms with van der Waals surface area (Å²) >= 11 is 0.644. The van der Waals surface area contributed by atoms with Crippen molar-refractivity contribution in [3.63, 3.8) is 0 Å². The van der Waals surface area contributed by atoms with Gasteiger partial charge in [0.1, 0.15) is 5.69 Å². The lowest BCUT2D eigenvalue weighted by Crippen LogP contribution is -2.19. The van der Waals surface area contributed by atoms with Crippen molar-refractivity contribution >= 4 is 129 Å². The Labute approximate surface area is 509 Å². The third-order valence-corrected chi connectivity index (χ3v) is 19.0. The second-order valence-electron chi connectivity index (χ2n) is 20.0. The van der Waals surface area contributed by atoms with Crippen LogP contribution >= 0.6 is 0 Å². The number of nitro benzene ring substituents is 1. The molecule has 7 aromatic heterocycles. The van der Waals surface area contributed by atoms with E-state index in [2.05, 4.69) is 174 Å². The zero-order chi connectivity index (χ0) is 59.6. The number of hydrogen-bond donors (Lipinski definition) is 1. The van der Waals surface area contributed by atoms with E-state index in [1.54, 1.807) is 42.9 Å². The van der Waals surface area contributed by atoms with Gasteiger partial charge in [0.15, 0.2) is 21.0 Å². The van der Waals surface area contributed by atoms with Crippen LogP contribution < -0.4 is 5.32 Å². The molecule has 1 atom stereocenters. The molecule has 0 amide bonds. The molecule has 431 valence electrons. The molecule has 1 unspecified atom stereocenters. The number of carbonyl (C=O) groups excluding carboxylic acids is 1. The summed E-state index contributed by atoms with van der Waals surface area (Å²) in [5.41, 5.74) is 10.8. The lowest BCUT2D eigenvalue weighted by molar-refractivity contribution is -0.384. The van der Waals surface area contributed by atoms with Crippen LogP contribution in [0.4, 0.5) is 11.4 Å². The number of ketones is 1. The zero-order valence-corrected chi connectivity index (χ0v) is 52.4. The van der Waals surface area contributed by atoms with E-state index < -0.39 is 4.92 Å². The van der Waals surface area contributed by atoms with Gasteiger partial charge in [-0.3, -0.25) is 44.8 Å². The number of carbonyl (C=O) groups is 1. The second-order valence-corrected chi connectivity index (χ2v) is 26.4. The number of anilines is 1. The Morgan fingerprint density at radius 3 is 1.29 bits per heavy atom. The molecule has 85 heavy (non-hydrogen) atoms. The first-order valence-corrected chi connectivity index (χ1v) is 33.3. The molecular weight excluding hydrogens is 1080 g/mol. The van der Waals surface area contributed by atoms with Crippen molar-refractivity contribution in [3.8, 4) is 0 Å². The maximum absolute atomic E-state index is 11.3. The van der Waals surface area contributed by atoms with Gasteiger partial charge in [-0.05, 0) is 60.9 Å². The predicted molar refractivity (Wildman–Crippen MR) is 360 cm³/mol. The molecule has 0 saturated carbocycles. The molecule has 0 saturated heterocycles. The van der Waals surface area contributed by atoms with E-state index in [9.17, 15) is 14.9 Å². The number of aromatic nitrogens is 7. The van der Waals surface area contributed by atoms with Crippen molar-refractivity contribution in [3.05, 3.63) is 228 Å². The van der Waals surface area contributed by atoms with Crippen LogP contribution in [0.1, 0.15) is 83.6 Å². The number of nitrogens with one attached hydrogen (secondary N) is 1. The van der Waals surface area contributed by atoms with Crippen LogP contribution in [-0.2, 0) is 6.42 Å². The second kappa shape index (κ2) is 34.4. The number of aryl methyl sites for hydroxylation is 1. The number of nitrogens with zero attached hydrogens (tertiary/aromatic N) is 8. The quantitative estimate of drug-likeness (QED) is 0.0475. The van der Waals surface area contributed by atoms with Crippen molar-refractivity contribution in [2.45, 2.75) is 101 Å². The Balaban J connectivity index is 0.000000164. The van der Waals surface area contributed by atoms with Crippen LogP contribution in [0.5, 0.6) is 0 Å². The van der Waals surface area contributed by atoms with E-state index in [0.717, 1.165) is 105 Å². The van der Waals surface area contributed by atoms with E-state index in [1.165, 1.54) is 62.1 Å². The van der Waals surface area contributed by atoms with Crippen molar-refractivity contribution in [2.24, 2.45) is 0 Å². The van der Waals surface area contributed by atoms with E-state index in [1.807, 2.05) is 67.0 Å². The fraction of sp³-hybridized carbons (Fsp3) is 0.229. The summed E-state index contributed by atoms with van der Waals surface area (Å²) in [5.74, 6) is -0.0279. The first-order valence-electron chi connectivity index (χ1n) is 29.2. The minimum Gasteiger partial charge on any atom is -0.412 e. The van der Waals surface area contributed by atoms with Crippen LogP contribution in [0.2, 0.25) is 26.4 Å². The summed E-state index contributed by atoms with van der Waals surface area (Å²) in [7, 11) is 0. The molecule has 0 bridgehead atoms. The van der Waals surface area contributed by atoms with Gasteiger partial charge in [0.25, 0.3) is 19.8 Å². The normalized spacial score (nSPS) is 11.6. The molecule has 12 aromatic rings. The van der Waals surface area contributed by atoms with E-state index >= 15 is 0 Å². The van der Waals surface area contributed by atoms with Crippen LogP contribution in [-0.4, -0.2) is 86.5 Å². The zero-order valence-electron chi connectivity index (χ0n) is 50.1. The predicted octanol–water partition coefficient (Wildman–Crippen LogP) is 17.4. The topological polar surface area (TPSA) is 194 Å². The van der Waals surface area contributed by atoms with Crippen LogP contribution in [0.3, 0.4) is 0 Å². The molecule has 1 radical (unpaired) electrons. The Kier molecular flexibility index (Phi) is 26.6. The van der Waals surface area contributed by atoms with Crippen molar-refractivity contribution < 1.29 is 15.2 Å². The number of benzene rings is 5. The van der Waals surface area contributed by atoms with Gasteiger partial charge in [0, 0.05) is 99.5 Å². The third-order valence-electron chi connectivity index (χ3n) is 14.4. The van der Waals surface area contributed by atoms with E-state index in [0.29, 0.717) is 11.7 Å². The van der Waals surface area contributed by atoms with Gasteiger partial charge in [-0.1, -0.05) is 186 Å². The van der Waals surface area contributed by atoms with E-state index in [-0.39, 0.29) is 31.1 Å². The van der Waals surface area contributed by atoms with Crippen molar-refractivity contribution in [1.29, 1.82) is 0 Å². The largest absolute Gasteiger partial charge is 0.412 e. The number of non-ortho nitro benzene ring substituents is 1. The number of rotatable bonds is 9. The van der Waals surface area contributed by atoms with Gasteiger partial charge in [-0.15, -0.1) is 10.6 Å². The molecule has 5 aromatic carbocycles. The minimum absolute atomic E-state index is 0. The standard InChI is InChI=1S/C14H10N2O.C14H14N2.C14H12N2.C12H8N2.C6H5NO2.5C2H5.2Al.H2O/c1-9(17)12-7-6-11-5-4-10-3-2-8-15-13(10)14(11)16-12;2*1-2-12-8-7-11-6-5-10-4-3-9-15-13(10)14(11)16-12;1-3-9-5-6-10-4-2-8-14-12(10)11(9)13-7-1;8-7(9)6-4-2-1-3-5-6;5*1-2;;;/h2-8H,1H3;3-9,12,16H,2H2,1H3;3-9H,2H2,1H3;1-8H;1-5H;5*1H2,2H3;;;1H2. The monoisotopic (exact) mass is 1160 g/mol. The Morgan fingerprint density at radius 1 is 0.506 bits per heavy atom. The molecule has 0 aliphatic carbocycles. The number of pyridine rings is 7. The number of para-hydroxylation sites is 1. The SMILES string of the molecule is CC(=O)c1ccc2ccc3cccnc3c2n1.CCC1C=Cc2ccc3cccnc3c2N1.CCc1ccc2ccc3cccnc3c2n1.C[CH2][Al]([CH2]C)[CH2]C.C[CH2][Al][CH2]C.O.O=[N+]([O-])c1ccccc1.c1cnc2c(c1)ccc1cccnc12. The average molecular weight is 1160 g/mol. The van der Waals surface area contributed by atoms with E-state index in [4.69, 9.17) is 0 Å². The lowest BCUT2D eigenvalue weighted by atomic mass is 10.0. The molecule has 1 aliphatic heterocycles. The van der Waals surface area contributed by atoms with Gasteiger partial charge in [0.2, 0.25) is 0 Å². The number of nitro groups is 1. The first-order chi connectivity index (χ1) is 41.0. The number of Topliss-reactive ketones (excluding diaryl/α,β-unsaturated/α-hetero) is 1. The molecule has 3 N–H and O–H groups in total. The highest BCUT2D eigenvalue weighted by atomic mass is 27.2. The molecule has 0 fully saturated rings. The average Bonchev–Trinajstić information content (AvgIpc) is 2.80. The molecule has 13 nitrogen and oxygen atoms in total. The minimum atomic E-state index is -0.417. The third kappa shape index (κ3) is 18.3. The van der Waals surface area contributed by atoms with Gasteiger partial charge in [-0.2, -0.15) is 0 Å². The van der Waals surface area contributed by atoms with Crippen molar-refractivity contribution in [2.75, 3.05) is 5.32 Å². The van der Waals surface area contributed by atoms with Crippen LogP contribution in [0, 0.1) is 10.1 Å². The highest BCUT2D eigenvalue weighted by molar-refractivity contribution is 6.58. The summed E-state index contributed by atoms with van der Waals surface area (Å²) in [6.07, 6.45) is 15.5. The summed E-state index contributed by atoms with van der Waals surface area (Å²) < 4.78 is 0. The maximum Gasteiger partial charge on any atom is 0.269 e. The van der Waals surface area contributed by atoms with Crippen LogP contribution in [0.25, 0.3) is 82.4 Å². The Bertz CT molecular complexity index is 4050. The van der Waals surface area contributed by atoms with Crippen molar-refractivity contribution in [1.82, 2.24) is 34.9 Å². The smallest absolute Gasteiger partial charge is 0.269 e. The summed E-state index contributed by atoms with van der Waals surface area (Å²) in [6.45, 7) is 17.3. The van der Waals surface area contributed by atoms with Crippen LogP contribution in [0.15, 0.2) is 201 Å². The molecule has 13 rings (SSSR count). The molecular formula is C70H76Al2N9O4. The Hall–Kier alpha value is -8.40. The highest BCUT2D eigenvalue weighted by Gasteiger charge is 2.14.